The van der Waals surface area contributed by atoms with Gasteiger partial charge in [-0.15, -0.1) is 0 Å². The van der Waals surface area contributed by atoms with Crippen LogP contribution in [0.15, 0.2) is 0 Å². The molecule has 0 aliphatic heterocycles. The summed E-state index contributed by atoms with van der Waals surface area (Å²) in [4.78, 5) is 0. The van der Waals surface area contributed by atoms with Crippen LogP contribution in [0.2, 0.25) is 15.1 Å². The molecule has 0 unspecified atom stereocenters. The van der Waals surface area contributed by atoms with Crippen LogP contribution < -0.4 is 37.7 Å². The van der Waals surface area contributed by atoms with Crippen molar-refractivity contribution in [2.75, 3.05) is 0 Å². The maximum atomic E-state index is 4.25. The summed E-state index contributed by atoms with van der Waals surface area (Å²) in [6, 6.07) is 0. The van der Waals surface area contributed by atoms with Crippen LogP contribution in [-0.2, 0) is 0 Å². The molecule has 86 valence electrons. The third-order valence-corrected chi connectivity index (χ3v) is 16.9. The summed E-state index contributed by atoms with van der Waals surface area (Å²) >= 11 is 0. The fourth-order valence-electron chi connectivity index (χ4n) is 3.38. The van der Waals surface area contributed by atoms with Gasteiger partial charge in [0.2, 0.25) is 0 Å². The first kappa shape index (κ1) is 23.0. The van der Waals surface area contributed by atoms with Crippen molar-refractivity contribution in [2.24, 2.45) is 0 Å². The molecule has 0 aliphatic rings. The van der Waals surface area contributed by atoms with Crippen LogP contribution >= 0.6 is 8.79 Å². The Balaban J connectivity index is -0.000000845. The van der Waals surface area contributed by atoms with Gasteiger partial charge >= 0.3 is 37.7 Å². The minimum absolute atomic E-state index is 0. The van der Waals surface area contributed by atoms with Crippen molar-refractivity contribution in [3.8, 4) is 0 Å². The fourth-order valence-corrected chi connectivity index (χ4v) is 10.1. The third-order valence-electron chi connectivity index (χ3n) is 3.38. The molecule has 4 heteroatoms. The molecule has 0 rings (SSSR count). The Morgan fingerprint density at radius 1 is 0.562 bits per heavy atom. The van der Waals surface area contributed by atoms with Gasteiger partial charge in [-0.3, -0.25) is 0 Å². The van der Waals surface area contributed by atoms with Crippen molar-refractivity contribution in [2.45, 2.75) is 77.4 Å². The first-order valence-corrected chi connectivity index (χ1v) is 9.00. The van der Waals surface area contributed by atoms with Gasteiger partial charge in [-0.2, -0.15) is 0 Å². The zero-order valence-corrected chi connectivity index (χ0v) is 15.5. The van der Waals surface area contributed by atoms with Gasteiger partial charge in [-0.1, -0.05) is 85.2 Å². The maximum Gasteiger partial charge on any atom is 1.00 e. The van der Waals surface area contributed by atoms with Gasteiger partial charge in [0.1, 0.15) is 0 Å². The Labute approximate surface area is 131 Å². The monoisotopic (exact) mass is 245 g/mol. The van der Waals surface area contributed by atoms with E-state index in [1.165, 1.54) is 0 Å². The van der Waals surface area contributed by atoms with Crippen molar-refractivity contribution in [1.29, 1.82) is 0 Å². The molecule has 0 nitrogen and oxygen atoms in total. The average molecular weight is 245 g/mol. The van der Waals surface area contributed by atoms with Gasteiger partial charge in [0.25, 0.3) is 0 Å². The summed E-state index contributed by atoms with van der Waals surface area (Å²) in [5.41, 5.74) is 0. The van der Waals surface area contributed by atoms with Gasteiger partial charge < -0.3 is 8.79 Å². The van der Waals surface area contributed by atoms with E-state index in [4.69, 9.17) is 0 Å². The second-order valence-corrected chi connectivity index (χ2v) is 15.8. The first-order valence-electron chi connectivity index (χ1n) is 5.50. The van der Waals surface area contributed by atoms with E-state index in [0.29, 0.717) is 15.1 Å². The van der Waals surface area contributed by atoms with E-state index in [-0.39, 0.29) is 37.7 Å². The molecular formula is C12H28Li2PSi+. The van der Waals surface area contributed by atoms with E-state index in [0.717, 1.165) is 0 Å². The Bertz CT molecular complexity index is 172. The van der Waals surface area contributed by atoms with Crippen LogP contribution in [0, 0.1) is 0 Å². The number of rotatable bonds is 0. The van der Waals surface area contributed by atoms with E-state index in [9.17, 15) is 0 Å². The van der Waals surface area contributed by atoms with Crippen molar-refractivity contribution in [3.63, 3.8) is 0 Å². The number of hydrogen-bond donors (Lipinski definition) is 0. The standard InChI is InChI=1S/C12H28PSi.2Li/c1-10(2,3)14(13,11(4,5)6)12(7,8)9;;/h13H,1-9H3;;/q-1;2*+1. The summed E-state index contributed by atoms with van der Waals surface area (Å²) in [6.07, 6.45) is 0. The molecule has 16 heavy (non-hydrogen) atoms. The van der Waals surface area contributed by atoms with Crippen molar-refractivity contribution in [1.82, 2.24) is 0 Å². The largest absolute Gasteiger partial charge is 1.00 e. The predicted molar refractivity (Wildman–Crippen MR) is 73.2 cm³/mol. The van der Waals surface area contributed by atoms with E-state index in [1.54, 1.807) is 0 Å². The molecule has 0 N–H and O–H groups in total. The summed E-state index contributed by atoms with van der Waals surface area (Å²) in [5, 5.41) is 1.13. The fraction of sp³-hybridized carbons (Fsp3) is 1.00. The molecule has 0 atom stereocenters. The third kappa shape index (κ3) is 4.19. The van der Waals surface area contributed by atoms with Gasteiger partial charge in [0, 0.05) is 0 Å². The van der Waals surface area contributed by atoms with Crippen LogP contribution in [0.1, 0.15) is 62.3 Å². The van der Waals surface area contributed by atoms with Gasteiger partial charge in [0.05, 0.1) is 0 Å². The molecule has 0 heterocycles. The zero-order chi connectivity index (χ0) is 12.0. The maximum absolute atomic E-state index is 4.25. The molecule has 0 aromatic heterocycles. The SMILES string of the molecule is CC(C)(C)[Si]([PH-])(C(C)(C)C)C(C)(C)C.[Li+].[Li+]. The van der Waals surface area contributed by atoms with Gasteiger partial charge in [-0.25, -0.2) is 0 Å². The van der Waals surface area contributed by atoms with Crippen LogP contribution in [0.5, 0.6) is 0 Å². The van der Waals surface area contributed by atoms with Crippen LogP contribution in [-0.4, -0.2) is 7.74 Å². The molecule has 0 fully saturated rings. The quantitative estimate of drug-likeness (QED) is 0.398. The minimum atomic E-state index is -1.55. The summed E-state index contributed by atoms with van der Waals surface area (Å²) in [5.74, 6) is 0. The molecule has 0 saturated heterocycles. The van der Waals surface area contributed by atoms with E-state index in [2.05, 4.69) is 71.1 Å². The molecule has 0 aromatic rings. The molecule has 0 bridgehead atoms. The summed E-state index contributed by atoms with van der Waals surface area (Å²) in [6.45, 7) is 21.4. The topological polar surface area (TPSA) is 0 Å². The Morgan fingerprint density at radius 3 is 0.688 bits per heavy atom. The van der Waals surface area contributed by atoms with Gasteiger partial charge in [0.15, 0.2) is 0 Å². The molecule has 0 aromatic carbocycles. The smallest absolute Gasteiger partial charge is 0.557 e. The molecular weight excluding hydrogens is 217 g/mol. The van der Waals surface area contributed by atoms with Crippen LogP contribution in [0.25, 0.3) is 0 Å². The normalized spacial score (nSPS) is 13.9. The van der Waals surface area contributed by atoms with E-state index >= 15 is 0 Å². The van der Waals surface area contributed by atoms with Crippen LogP contribution in [0.3, 0.4) is 0 Å². The molecule has 0 amide bonds. The average Bonchev–Trinajstić information content (AvgIpc) is 1.77. The van der Waals surface area contributed by atoms with E-state index in [1.807, 2.05) is 0 Å². The van der Waals surface area contributed by atoms with Crippen molar-refractivity contribution >= 4 is 16.5 Å². The predicted octanol–water partition coefficient (Wildman–Crippen LogP) is -0.517. The molecule has 0 saturated carbocycles. The Morgan fingerprint density at radius 2 is 0.688 bits per heavy atom. The summed E-state index contributed by atoms with van der Waals surface area (Å²) < 4.78 is 0. The zero-order valence-electron chi connectivity index (χ0n) is 13.5. The first-order chi connectivity index (χ1) is 5.75. The Kier molecular flexibility index (Phi) is 9.09. The second kappa shape index (κ2) is 6.33. The van der Waals surface area contributed by atoms with Crippen LogP contribution in [0.4, 0.5) is 0 Å². The van der Waals surface area contributed by atoms with E-state index < -0.39 is 7.74 Å². The summed E-state index contributed by atoms with van der Waals surface area (Å²) in [7, 11) is 2.70. The molecule has 0 radical (unpaired) electrons. The molecule has 0 aliphatic carbocycles. The minimum Gasteiger partial charge on any atom is -0.557 e. The second-order valence-electron chi connectivity index (χ2n) is 7.50. The van der Waals surface area contributed by atoms with Crippen molar-refractivity contribution in [3.05, 3.63) is 0 Å². The number of hydrogen-bond acceptors (Lipinski definition) is 0. The Hall–Kier alpha value is 1.84. The van der Waals surface area contributed by atoms with Crippen molar-refractivity contribution < 1.29 is 37.7 Å². The van der Waals surface area contributed by atoms with Gasteiger partial charge in [-0.05, 0) is 0 Å². The molecule has 0 spiro atoms.